The van der Waals surface area contributed by atoms with E-state index in [2.05, 4.69) is 0 Å². The molecule has 0 rings (SSSR count). The third kappa shape index (κ3) is 5.42. The highest BCUT2D eigenvalue weighted by molar-refractivity contribution is 7.91. The van der Waals surface area contributed by atoms with E-state index in [4.69, 9.17) is 11.1 Å². The summed E-state index contributed by atoms with van der Waals surface area (Å²) in [6.45, 7) is 0. The molecule has 0 unspecified atom stereocenters. The minimum atomic E-state index is -3.07. The fraction of sp³-hybridized carbons (Fsp3) is 0.667. The summed E-state index contributed by atoms with van der Waals surface area (Å²) in [6.07, 6.45) is 1.04. The second-order valence-corrected chi connectivity index (χ2v) is 3.74. The molecule has 0 aromatic rings. The average molecular weight is 136 g/mol. The fourth-order valence-electron chi connectivity index (χ4n) is 0.282. The van der Waals surface area contributed by atoms with E-state index in [1.54, 1.807) is 0 Å². The predicted octanol–water partition coefficient (Wildman–Crippen LogP) is -1.03. The summed E-state index contributed by atoms with van der Waals surface area (Å²) < 4.78 is 20.4. The molecule has 0 saturated carbocycles. The largest absolute Gasteiger partial charge is 0.387 e. The van der Waals surface area contributed by atoms with E-state index in [-0.39, 0.29) is 11.6 Å². The van der Waals surface area contributed by atoms with Gasteiger partial charge in [-0.05, 0) is 0 Å². The summed E-state index contributed by atoms with van der Waals surface area (Å²) in [5.41, 5.74) is 4.78. The lowest BCUT2D eigenvalue weighted by molar-refractivity contribution is 0.605. The highest BCUT2D eigenvalue weighted by atomic mass is 32.2. The first-order valence-corrected chi connectivity index (χ1v) is 3.98. The first-order valence-electron chi connectivity index (χ1n) is 1.92. The molecule has 0 aromatic heterocycles. The number of nitrogens with one attached hydrogen (secondary N) is 1. The van der Waals surface area contributed by atoms with Crippen molar-refractivity contribution in [1.29, 1.82) is 5.41 Å². The number of nitrogens with two attached hydrogens (primary N) is 1. The van der Waals surface area contributed by atoms with Crippen LogP contribution in [0.5, 0.6) is 0 Å². The third-order valence-corrected chi connectivity index (χ3v) is 1.25. The maximum Gasteiger partial charge on any atom is 0.154 e. The lowest BCUT2D eigenvalue weighted by atomic mass is 10.7. The minimum absolute atomic E-state index is 0.312. The Morgan fingerprint density at radius 2 is 2.12 bits per heavy atom. The van der Waals surface area contributed by atoms with E-state index in [1.165, 1.54) is 0 Å². The quantitative estimate of drug-likeness (QED) is 0.376. The van der Waals surface area contributed by atoms with Crippen molar-refractivity contribution in [2.75, 3.05) is 12.0 Å². The van der Waals surface area contributed by atoms with E-state index in [1.807, 2.05) is 0 Å². The lowest BCUT2D eigenvalue weighted by Crippen LogP contribution is -2.21. The zero-order valence-electron chi connectivity index (χ0n) is 4.51. The Morgan fingerprint density at radius 3 is 2.12 bits per heavy atom. The van der Waals surface area contributed by atoms with Crippen LogP contribution in [0.2, 0.25) is 0 Å². The molecule has 0 aliphatic heterocycles. The van der Waals surface area contributed by atoms with Gasteiger partial charge >= 0.3 is 0 Å². The van der Waals surface area contributed by atoms with Crippen molar-refractivity contribution in [3.63, 3.8) is 0 Å². The summed E-state index contributed by atoms with van der Waals surface area (Å²) in [5.74, 6) is -0.653. The molecule has 0 fully saturated rings. The molecule has 0 aromatic carbocycles. The van der Waals surface area contributed by atoms with Crippen LogP contribution < -0.4 is 5.73 Å². The van der Waals surface area contributed by atoms with Gasteiger partial charge in [-0.25, -0.2) is 8.42 Å². The molecular weight excluding hydrogens is 128 g/mol. The van der Waals surface area contributed by atoms with Gasteiger partial charge in [-0.1, -0.05) is 0 Å². The van der Waals surface area contributed by atoms with Gasteiger partial charge in [-0.15, -0.1) is 0 Å². The summed E-state index contributed by atoms with van der Waals surface area (Å²) >= 11 is 0. The second kappa shape index (κ2) is 2.13. The van der Waals surface area contributed by atoms with Crippen molar-refractivity contribution >= 4 is 15.7 Å². The first kappa shape index (κ1) is 7.42. The normalized spacial score (nSPS) is 11.1. The molecule has 3 N–H and O–H groups in total. The van der Waals surface area contributed by atoms with Gasteiger partial charge in [0.1, 0.15) is 11.6 Å². The zero-order chi connectivity index (χ0) is 6.78. The SMILES string of the molecule is CS(=O)(=O)CC(=N)N. The monoisotopic (exact) mass is 136 g/mol. The van der Waals surface area contributed by atoms with Crippen LogP contribution in [0.15, 0.2) is 0 Å². The molecule has 4 nitrogen and oxygen atoms in total. The Morgan fingerprint density at radius 1 is 1.75 bits per heavy atom. The molecule has 8 heavy (non-hydrogen) atoms. The van der Waals surface area contributed by atoms with Crippen LogP contribution in [0, 0.1) is 5.41 Å². The molecule has 0 atom stereocenters. The summed E-state index contributed by atoms with van der Waals surface area (Å²) in [6, 6.07) is 0. The number of hydrogen-bond donors (Lipinski definition) is 2. The molecule has 0 radical (unpaired) electrons. The highest BCUT2D eigenvalue weighted by Crippen LogP contribution is 1.78. The first-order chi connectivity index (χ1) is 3.42. The van der Waals surface area contributed by atoms with Gasteiger partial charge in [0.2, 0.25) is 0 Å². The Labute approximate surface area is 48.1 Å². The molecule has 5 heteroatoms. The van der Waals surface area contributed by atoms with Crippen molar-refractivity contribution < 1.29 is 8.42 Å². The van der Waals surface area contributed by atoms with Gasteiger partial charge in [0.05, 0.1) is 0 Å². The van der Waals surface area contributed by atoms with Crippen LogP contribution in [0.4, 0.5) is 0 Å². The van der Waals surface area contributed by atoms with Gasteiger partial charge in [0.25, 0.3) is 0 Å². The molecule has 0 saturated heterocycles. The Kier molecular flexibility index (Phi) is 1.97. The van der Waals surface area contributed by atoms with Crippen LogP contribution in [0.25, 0.3) is 0 Å². The zero-order valence-corrected chi connectivity index (χ0v) is 5.33. The Balaban J connectivity index is 3.95. The van der Waals surface area contributed by atoms with Gasteiger partial charge in [-0.3, -0.25) is 5.41 Å². The van der Waals surface area contributed by atoms with Crippen LogP contribution >= 0.6 is 0 Å². The lowest BCUT2D eigenvalue weighted by Gasteiger charge is -1.90. The van der Waals surface area contributed by atoms with E-state index in [0.717, 1.165) is 6.26 Å². The fourth-order valence-corrected chi connectivity index (χ4v) is 0.847. The number of rotatable bonds is 2. The highest BCUT2D eigenvalue weighted by Gasteiger charge is 2.01. The maximum absolute atomic E-state index is 10.2. The van der Waals surface area contributed by atoms with Crippen LogP contribution in [0.3, 0.4) is 0 Å². The van der Waals surface area contributed by atoms with Gasteiger partial charge in [0.15, 0.2) is 9.84 Å². The molecule has 0 spiro atoms. The van der Waals surface area contributed by atoms with E-state index in [9.17, 15) is 8.42 Å². The van der Waals surface area contributed by atoms with Crippen molar-refractivity contribution in [3.05, 3.63) is 0 Å². The smallest absolute Gasteiger partial charge is 0.154 e. The second-order valence-electron chi connectivity index (χ2n) is 1.60. The average Bonchev–Trinajstić information content (AvgIpc) is 1.21. The summed E-state index contributed by atoms with van der Waals surface area (Å²) in [4.78, 5) is 0. The topological polar surface area (TPSA) is 84.0 Å². The number of sulfone groups is 1. The Hall–Kier alpha value is -0.580. The molecular formula is C3H8N2O2S. The molecule has 0 bridgehead atoms. The molecule has 48 valence electrons. The maximum atomic E-state index is 10.2. The van der Waals surface area contributed by atoms with E-state index in [0.29, 0.717) is 0 Å². The van der Waals surface area contributed by atoms with E-state index < -0.39 is 9.84 Å². The van der Waals surface area contributed by atoms with Gasteiger partial charge in [-0.2, -0.15) is 0 Å². The minimum Gasteiger partial charge on any atom is -0.387 e. The standard InChI is InChI=1S/C3H8N2O2S/c1-8(6,7)2-3(4)5/h2H2,1H3,(H3,4,5). The van der Waals surface area contributed by atoms with Crippen LogP contribution in [0.1, 0.15) is 0 Å². The van der Waals surface area contributed by atoms with E-state index >= 15 is 0 Å². The molecule has 0 heterocycles. The van der Waals surface area contributed by atoms with Crippen LogP contribution in [-0.2, 0) is 9.84 Å². The third-order valence-electron chi connectivity index (χ3n) is 0.418. The molecule has 0 aliphatic rings. The van der Waals surface area contributed by atoms with Gasteiger partial charge in [0, 0.05) is 6.26 Å². The summed E-state index contributed by atoms with van der Waals surface area (Å²) in [7, 11) is -3.07. The summed E-state index contributed by atoms with van der Waals surface area (Å²) in [5, 5.41) is 6.55. The Bertz CT molecular complexity index is 181. The number of hydrogen-bond acceptors (Lipinski definition) is 3. The molecule has 0 aliphatic carbocycles. The van der Waals surface area contributed by atoms with Crippen molar-refractivity contribution in [2.24, 2.45) is 5.73 Å². The molecule has 0 amide bonds. The van der Waals surface area contributed by atoms with Crippen molar-refractivity contribution in [3.8, 4) is 0 Å². The van der Waals surface area contributed by atoms with Crippen molar-refractivity contribution in [1.82, 2.24) is 0 Å². The predicted molar refractivity (Wildman–Crippen MR) is 31.6 cm³/mol. The van der Waals surface area contributed by atoms with Crippen LogP contribution in [-0.4, -0.2) is 26.3 Å². The van der Waals surface area contributed by atoms with Gasteiger partial charge < -0.3 is 5.73 Å². The van der Waals surface area contributed by atoms with Crippen molar-refractivity contribution in [2.45, 2.75) is 0 Å². The number of amidine groups is 1.